The molecule has 1 saturated heterocycles. The van der Waals surface area contributed by atoms with Gasteiger partial charge < -0.3 is 20.3 Å². The summed E-state index contributed by atoms with van der Waals surface area (Å²) < 4.78 is 5.13. The highest BCUT2D eigenvalue weighted by molar-refractivity contribution is 5.95. The number of anilines is 2. The van der Waals surface area contributed by atoms with Crippen LogP contribution in [-0.4, -0.2) is 25.6 Å². The van der Waals surface area contributed by atoms with E-state index in [0.717, 1.165) is 24.2 Å². The Hall–Kier alpha value is -3.02. The average Bonchev–Trinajstić information content (AvgIpc) is 3.06. The fraction of sp³-hybridized carbons (Fsp3) is 0.263. The molecular weight excluding hydrogens is 318 g/mol. The molecule has 0 radical (unpaired) electrons. The van der Waals surface area contributed by atoms with Crippen LogP contribution in [0.3, 0.4) is 0 Å². The van der Waals surface area contributed by atoms with Gasteiger partial charge in [0.05, 0.1) is 7.11 Å². The number of ether oxygens (including phenoxy) is 1. The molecule has 0 aliphatic carbocycles. The van der Waals surface area contributed by atoms with Crippen LogP contribution < -0.4 is 20.3 Å². The second-order valence-electron chi connectivity index (χ2n) is 5.86. The van der Waals surface area contributed by atoms with Gasteiger partial charge in [-0.1, -0.05) is 18.2 Å². The quantitative estimate of drug-likeness (QED) is 0.879. The van der Waals surface area contributed by atoms with E-state index in [1.165, 1.54) is 0 Å². The molecular formula is C19H21N3O3. The number of hydrogen-bond donors (Lipinski definition) is 2. The number of methoxy groups -OCH3 is 1. The molecule has 2 aromatic carbocycles. The molecule has 6 heteroatoms. The largest absolute Gasteiger partial charge is 0.497 e. The molecule has 0 spiro atoms. The highest BCUT2D eigenvalue weighted by atomic mass is 16.5. The summed E-state index contributed by atoms with van der Waals surface area (Å²) in [7, 11) is 1.58. The van der Waals surface area contributed by atoms with E-state index in [1.807, 2.05) is 36.4 Å². The van der Waals surface area contributed by atoms with Crippen LogP contribution in [0.25, 0.3) is 0 Å². The molecule has 0 bridgehead atoms. The SMILES string of the molecule is COc1cccc(NC(=O)NCc2ccc(N3CCCC3=O)cc2)c1. The smallest absolute Gasteiger partial charge is 0.319 e. The van der Waals surface area contributed by atoms with E-state index in [0.29, 0.717) is 24.4 Å². The van der Waals surface area contributed by atoms with Gasteiger partial charge in [0.1, 0.15) is 5.75 Å². The van der Waals surface area contributed by atoms with Gasteiger partial charge in [-0.15, -0.1) is 0 Å². The van der Waals surface area contributed by atoms with Gasteiger partial charge >= 0.3 is 6.03 Å². The van der Waals surface area contributed by atoms with Crippen molar-refractivity contribution in [3.8, 4) is 5.75 Å². The molecule has 6 nitrogen and oxygen atoms in total. The highest BCUT2D eigenvalue weighted by Gasteiger charge is 2.21. The van der Waals surface area contributed by atoms with Crippen LogP contribution >= 0.6 is 0 Å². The van der Waals surface area contributed by atoms with Crippen LogP contribution in [0.4, 0.5) is 16.2 Å². The zero-order valence-corrected chi connectivity index (χ0v) is 14.1. The van der Waals surface area contributed by atoms with Crippen molar-refractivity contribution in [1.82, 2.24) is 5.32 Å². The number of hydrogen-bond acceptors (Lipinski definition) is 3. The van der Waals surface area contributed by atoms with E-state index >= 15 is 0 Å². The van der Waals surface area contributed by atoms with E-state index in [-0.39, 0.29) is 11.9 Å². The number of nitrogens with zero attached hydrogens (tertiary/aromatic N) is 1. The zero-order chi connectivity index (χ0) is 17.6. The number of amides is 3. The molecule has 0 aromatic heterocycles. The van der Waals surface area contributed by atoms with Crippen molar-refractivity contribution in [2.45, 2.75) is 19.4 Å². The molecule has 1 heterocycles. The minimum absolute atomic E-state index is 0.170. The van der Waals surface area contributed by atoms with Crippen LogP contribution in [0.1, 0.15) is 18.4 Å². The minimum Gasteiger partial charge on any atom is -0.497 e. The van der Waals surface area contributed by atoms with Crippen molar-refractivity contribution in [1.29, 1.82) is 0 Å². The molecule has 25 heavy (non-hydrogen) atoms. The Morgan fingerprint density at radius 3 is 2.68 bits per heavy atom. The molecule has 130 valence electrons. The van der Waals surface area contributed by atoms with Gasteiger partial charge in [-0.05, 0) is 36.2 Å². The zero-order valence-electron chi connectivity index (χ0n) is 14.1. The lowest BCUT2D eigenvalue weighted by Crippen LogP contribution is -2.28. The molecule has 2 N–H and O–H groups in total. The van der Waals surface area contributed by atoms with E-state index in [2.05, 4.69) is 10.6 Å². The Morgan fingerprint density at radius 2 is 2.00 bits per heavy atom. The maximum atomic E-state index is 12.0. The Labute approximate surface area is 146 Å². The van der Waals surface area contributed by atoms with Gasteiger partial charge in [-0.2, -0.15) is 0 Å². The van der Waals surface area contributed by atoms with Crippen molar-refractivity contribution in [3.63, 3.8) is 0 Å². The van der Waals surface area contributed by atoms with Crippen molar-refractivity contribution in [2.75, 3.05) is 23.9 Å². The van der Waals surface area contributed by atoms with Crippen LogP contribution in [-0.2, 0) is 11.3 Å². The summed E-state index contributed by atoms with van der Waals surface area (Å²) in [6, 6.07) is 14.6. The van der Waals surface area contributed by atoms with Crippen molar-refractivity contribution in [2.24, 2.45) is 0 Å². The predicted molar refractivity (Wildman–Crippen MR) is 96.9 cm³/mol. The van der Waals surface area contributed by atoms with Gasteiger partial charge in [0.15, 0.2) is 0 Å². The summed E-state index contributed by atoms with van der Waals surface area (Å²) in [5, 5.41) is 5.58. The van der Waals surface area contributed by atoms with E-state index in [4.69, 9.17) is 4.74 Å². The fourth-order valence-corrected chi connectivity index (χ4v) is 2.77. The first-order valence-corrected chi connectivity index (χ1v) is 8.24. The third-order valence-corrected chi connectivity index (χ3v) is 4.10. The molecule has 3 rings (SSSR count). The maximum absolute atomic E-state index is 12.0. The molecule has 1 aliphatic rings. The number of urea groups is 1. The van der Waals surface area contributed by atoms with Gasteiger partial charge in [-0.25, -0.2) is 4.79 Å². The average molecular weight is 339 g/mol. The first-order valence-electron chi connectivity index (χ1n) is 8.24. The Morgan fingerprint density at radius 1 is 1.20 bits per heavy atom. The lowest BCUT2D eigenvalue weighted by molar-refractivity contribution is -0.117. The summed E-state index contributed by atoms with van der Waals surface area (Å²) in [4.78, 5) is 25.5. The van der Waals surface area contributed by atoms with E-state index < -0.39 is 0 Å². The number of nitrogens with one attached hydrogen (secondary N) is 2. The Bertz CT molecular complexity index is 759. The van der Waals surface area contributed by atoms with Gasteiger partial charge in [0.2, 0.25) is 5.91 Å². The maximum Gasteiger partial charge on any atom is 0.319 e. The summed E-state index contributed by atoms with van der Waals surface area (Å²) in [6.07, 6.45) is 1.53. The predicted octanol–water partition coefficient (Wildman–Crippen LogP) is 3.14. The van der Waals surface area contributed by atoms with Crippen LogP contribution in [0.15, 0.2) is 48.5 Å². The summed E-state index contributed by atoms with van der Waals surface area (Å²) >= 11 is 0. The van der Waals surface area contributed by atoms with E-state index in [1.54, 1.807) is 24.1 Å². The fourth-order valence-electron chi connectivity index (χ4n) is 2.77. The number of benzene rings is 2. The number of carbonyl (C=O) groups excluding carboxylic acids is 2. The summed E-state index contributed by atoms with van der Waals surface area (Å²) in [6.45, 7) is 1.18. The van der Waals surface area contributed by atoms with Gasteiger partial charge in [0, 0.05) is 37.0 Å². The van der Waals surface area contributed by atoms with Crippen molar-refractivity contribution in [3.05, 3.63) is 54.1 Å². The Balaban J connectivity index is 1.52. The second kappa shape index (κ2) is 7.70. The standard InChI is InChI=1S/C19H21N3O3/c1-25-17-5-2-4-15(12-17)21-19(24)20-13-14-7-9-16(10-8-14)22-11-3-6-18(22)23/h2,4-5,7-10,12H,3,6,11,13H2,1H3,(H2,20,21,24). The van der Waals surface area contributed by atoms with Crippen molar-refractivity contribution < 1.29 is 14.3 Å². The molecule has 3 amide bonds. The molecule has 0 saturated carbocycles. The molecule has 1 fully saturated rings. The minimum atomic E-state index is -0.285. The van der Waals surface area contributed by atoms with Crippen LogP contribution in [0, 0.1) is 0 Å². The first-order chi connectivity index (χ1) is 12.2. The molecule has 1 aliphatic heterocycles. The lowest BCUT2D eigenvalue weighted by Gasteiger charge is -2.16. The Kier molecular flexibility index (Phi) is 5.18. The third kappa shape index (κ3) is 4.29. The molecule has 0 unspecified atom stereocenters. The summed E-state index contributed by atoms with van der Waals surface area (Å²) in [5.41, 5.74) is 2.54. The van der Waals surface area contributed by atoms with Crippen LogP contribution in [0.2, 0.25) is 0 Å². The lowest BCUT2D eigenvalue weighted by atomic mass is 10.2. The first kappa shape index (κ1) is 16.8. The highest BCUT2D eigenvalue weighted by Crippen LogP contribution is 2.21. The van der Waals surface area contributed by atoms with E-state index in [9.17, 15) is 9.59 Å². The molecule has 0 atom stereocenters. The topological polar surface area (TPSA) is 70.7 Å². The van der Waals surface area contributed by atoms with Gasteiger partial charge in [0.25, 0.3) is 0 Å². The summed E-state index contributed by atoms with van der Waals surface area (Å²) in [5.74, 6) is 0.855. The third-order valence-electron chi connectivity index (χ3n) is 4.10. The second-order valence-corrected chi connectivity index (χ2v) is 5.86. The number of rotatable bonds is 5. The van der Waals surface area contributed by atoms with Crippen molar-refractivity contribution >= 4 is 23.3 Å². The monoisotopic (exact) mass is 339 g/mol. The van der Waals surface area contributed by atoms with Crippen LogP contribution in [0.5, 0.6) is 5.75 Å². The molecule has 2 aromatic rings. The normalized spacial score (nSPS) is 13.6. The number of carbonyl (C=O) groups is 2. The van der Waals surface area contributed by atoms with Gasteiger partial charge in [-0.3, -0.25) is 4.79 Å².